The van der Waals surface area contributed by atoms with Crippen molar-refractivity contribution < 1.29 is 18.8 Å². The molecule has 0 unspecified atom stereocenters. The van der Waals surface area contributed by atoms with Gasteiger partial charge in [0, 0.05) is 64.5 Å². The van der Waals surface area contributed by atoms with E-state index in [0.29, 0.717) is 39.6 Å². The van der Waals surface area contributed by atoms with Gasteiger partial charge in [0.05, 0.1) is 0 Å². The normalized spacial score (nSPS) is 10.9. The van der Waals surface area contributed by atoms with Crippen LogP contribution in [0.1, 0.15) is 32.8 Å². The van der Waals surface area contributed by atoms with Gasteiger partial charge in [-0.25, -0.2) is 9.37 Å². The van der Waals surface area contributed by atoms with Gasteiger partial charge >= 0.3 is 0 Å². The van der Waals surface area contributed by atoms with Crippen molar-refractivity contribution in [3.63, 3.8) is 0 Å². The van der Waals surface area contributed by atoms with E-state index in [4.69, 9.17) is 5.73 Å². The second-order valence-electron chi connectivity index (χ2n) is 8.77. The van der Waals surface area contributed by atoms with E-state index in [1.54, 1.807) is 37.0 Å². The quantitative estimate of drug-likeness (QED) is 0.260. The van der Waals surface area contributed by atoms with Crippen LogP contribution >= 0.6 is 11.3 Å². The highest BCUT2D eigenvalue weighted by molar-refractivity contribution is 7.13. The molecule has 5 aromatic rings. The SMILES string of the molecule is CN(C(=O)c1ccc(F)cc1)c1ccc2c(CCC(N)=O)c(NC(=O)c3csc(-c4ccncc4)n3)[nH]c2c1. The minimum absolute atomic E-state index is 0.0867. The van der Waals surface area contributed by atoms with Crippen LogP contribution in [0.5, 0.6) is 0 Å². The number of aryl methyl sites for hydroxylation is 1. The molecule has 0 aliphatic rings. The third-order valence-electron chi connectivity index (χ3n) is 6.20. The molecule has 0 atom stereocenters. The fourth-order valence-corrected chi connectivity index (χ4v) is 4.96. The lowest BCUT2D eigenvalue weighted by atomic mass is 10.1. The van der Waals surface area contributed by atoms with Gasteiger partial charge in [-0.05, 0) is 55.0 Å². The van der Waals surface area contributed by atoms with Crippen molar-refractivity contribution >= 4 is 51.5 Å². The number of hydrogen-bond donors (Lipinski definition) is 3. The maximum Gasteiger partial charge on any atom is 0.276 e. The second kappa shape index (κ2) is 10.8. The van der Waals surface area contributed by atoms with Crippen LogP contribution in [0.3, 0.4) is 0 Å². The Bertz CT molecular complexity index is 1680. The zero-order chi connectivity index (χ0) is 27.5. The number of rotatable bonds is 8. The Morgan fingerprint density at radius 2 is 1.82 bits per heavy atom. The van der Waals surface area contributed by atoms with Gasteiger partial charge in [0.1, 0.15) is 22.3 Å². The van der Waals surface area contributed by atoms with Crippen molar-refractivity contribution in [2.24, 2.45) is 5.73 Å². The summed E-state index contributed by atoms with van der Waals surface area (Å²) >= 11 is 1.34. The maximum absolute atomic E-state index is 13.3. The molecular weight excluding hydrogens is 519 g/mol. The van der Waals surface area contributed by atoms with Crippen molar-refractivity contribution in [1.82, 2.24) is 15.0 Å². The summed E-state index contributed by atoms with van der Waals surface area (Å²) in [5.41, 5.74) is 8.78. The third-order valence-corrected chi connectivity index (χ3v) is 7.09. The summed E-state index contributed by atoms with van der Waals surface area (Å²) in [5.74, 6) is -1.20. The van der Waals surface area contributed by atoms with Crippen LogP contribution in [-0.4, -0.2) is 39.7 Å². The fraction of sp³-hybridized carbons (Fsp3) is 0.107. The molecule has 0 aliphatic heterocycles. The van der Waals surface area contributed by atoms with E-state index < -0.39 is 17.6 Å². The molecule has 196 valence electrons. The van der Waals surface area contributed by atoms with E-state index in [-0.39, 0.29) is 18.0 Å². The lowest BCUT2D eigenvalue weighted by Crippen LogP contribution is -2.26. The van der Waals surface area contributed by atoms with Crippen LogP contribution in [-0.2, 0) is 11.2 Å². The number of pyridine rings is 1. The lowest BCUT2D eigenvalue weighted by Gasteiger charge is -2.17. The molecule has 0 aliphatic carbocycles. The highest BCUT2D eigenvalue weighted by Crippen LogP contribution is 2.32. The molecule has 39 heavy (non-hydrogen) atoms. The number of halogens is 1. The smallest absolute Gasteiger partial charge is 0.276 e. The van der Waals surface area contributed by atoms with Crippen LogP contribution in [0.25, 0.3) is 21.5 Å². The summed E-state index contributed by atoms with van der Waals surface area (Å²) in [6.07, 6.45) is 3.70. The first-order valence-corrected chi connectivity index (χ1v) is 12.8. The number of H-pyrrole nitrogens is 1. The van der Waals surface area contributed by atoms with Gasteiger partial charge < -0.3 is 20.9 Å². The summed E-state index contributed by atoms with van der Waals surface area (Å²) in [6.45, 7) is 0. The molecule has 5 rings (SSSR count). The number of nitrogens with one attached hydrogen (secondary N) is 2. The van der Waals surface area contributed by atoms with Crippen LogP contribution in [0.15, 0.2) is 72.4 Å². The predicted octanol–water partition coefficient (Wildman–Crippen LogP) is 4.77. The fourth-order valence-electron chi connectivity index (χ4n) is 4.15. The van der Waals surface area contributed by atoms with Gasteiger partial charge in [-0.15, -0.1) is 11.3 Å². The number of anilines is 2. The number of hydrogen-bond acceptors (Lipinski definition) is 6. The molecule has 11 heteroatoms. The minimum Gasteiger partial charge on any atom is -0.370 e. The Kier molecular flexibility index (Phi) is 7.15. The van der Waals surface area contributed by atoms with E-state index >= 15 is 0 Å². The predicted molar refractivity (Wildman–Crippen MR) is 148 cm³/mol. The van der Waals surface area contributed by atoms with Crippen LogP contribution in [0.4, 0.5) is 15.9 Å². The number of carbonyl (C=O) groups is 3. The average molecular weight is 543 g/mol. The number of aromatic amines is 1. The van der Waals surface area contributed by atoms with Crippen LogP contribution < -0.4 is 16.0 Å². The van der Waals surface area contributed by atoms with Gasteiger partial charge in [0.25, 0.3) is 11.8 Å². The molecule has 0 radical (unpaired) electrons. The number of benzene rings is 2. The highest BCUT2D eigenvalue weighted by Gasteiger charge is 2.20. The van der Waals surface area contributed by atoms with E-state index in [0.717, 1.165) is 10.9 Å². The topological polar surface area (TPSA) is 134 Å². The molecule has 2 aromatic carbocycles. The summed E-state index contributed by atoms with van der Waals surface area (Å²) in [7, 11) is 1.62. The van der Waals surface area contributed by atoms with E-state index in [1.807, 2.05) is 18.2 Å². The molecular formula is C28H23FN6O3S. The standard InChI is InChI=1S/C28H23FN6O3S/c1-35(28(38)17-2-4-18(29)5-3-17)19-6-7-20-21(8-9-24(30)36)25(32-22(20)14-19)34-26(37)23-15-39-27(33-23)16-10-12-31-13-11-16/h2-7,10-15,32H,8-9H2,1H3,(H2,30,36)(H,34,37). The molecule has 9 nitrogen and oxygen atoms in total. The Hall–Kier alpha value is -4.90. The Balaban J connectivity index is 1.44. The Morgan fingerprint density at radius 1 is 1.08 bits per heavy atom. The minimum atomic E-state index is -0.468. The van der Waals surface area contributed by atoms with Crippen molar-refractivity contribution in [1.29, 1.82) is 0 Å². The van der Waals surface area contributed by atoms with Gasteiger partial charge in [-0.3, -0.25) is 19.4 Å². The average Bonchev–Trinajstić information content (AvgIpc) is 3.57. The van der Waals surface area contributed by atoms with Crippen molar-refractivity contribution in [2.45, 2.75) is 12.8 Å². The van der Waals surface area contributed by atoms with Crippen molar-refractivity contribution in [3.05, 3.63) is 95.0 Å². The zero-order valence-corrected chi connectivity index (χ0v) is 21.6. The van der Waals surface area contributed by atoms with Gasteiger partial charge in [-0.2, -0.15) is 0 Å². The van der Waals surface area contributed by atoms with Gasteiger partial charge in [0.2, 0.25) is 5.91 Å². The zero-order valence-electron chi connectivity index (χ0n) is 20.8. The van der Waals surface area contributed by atoms with Crippen LogP contribution in [0, 0.1) is 5.82 Å². The number of thiazole rings is 1. The van der Waals surface area contributed by atoms with E-state index in [9.17, 15) is 18.8 Å². The van der Waals surface area contributed by atoms with Crippen molar-refractivity contribution in [3.8, 4) is 10.6 Å². The molecule has 3 amide bonds. The monoisotopic (exact) mass is 542 g/mol. The largest absolute Gasteiger partial charge is 0.370 e. The van der Waals surface area contributed by atoms with E-state index in [2.05, 4.69) is 20.3 Å². The Labute approximate surface area is 226 Å². The van der Waals surface area contributed by atoms with Crippen molar-refractivity contribution in [2.75, 3.05) is 17.3 Å². The summed E-state index contributed by atoms with van der Waals surface area (Å²) in [4.78, 5) is 50.7. The van der Waals surface area contributed by atoms with Gasteiger partial charge in [-0.1, -0.05) is 6.07 Å². The maximum atomic E-state index is 13.3. The van der Waals surface area contributed by atoms with Crippen LogP contribution in [0.2, 0.25) is 0 Å². The first-order chi connectivity index (χ1) is 18.8. The summed E-state index contributed by atoms with van der Waals surface area (Å²) in [5, 5.41) is 6.01. The second-order valence-corrected chi connectivity index (χ2v) is 9.63. The summed E-state index contributed by atoms with van der Waals surface area (Å²) in [6, 6.07) is 14.3. The number of fused-ring (bicyclic) bond motifs is 1. The first kappa shape index (κ1) is 25.7. The molecule has 4 N–H and O–H groups in total. The number of nitrogens with zero attached hydrogens (tertiary/aromatic N) is 3. The first-order valence-electron chi connectivity index (χ1n) is 11.9. The highest BCUT2D eigenvalue weighted by atomic mass is 32.1. The summed E-state index contributed by atoms with van der Waals surface area (Å²) < 4.78 is 13.3. The number of primary amides is 1. The molecule has 3 aromatic heterocycles. The number of aromatic nitrogens is 3. The van der Waals surface area contributed by atoms with E-state index in [1.165, 1.54) is 40.5 Å². The lowest BCUT2D eigenvalue weighted by molar-refractivity contribution is -0.117. The molecule has 0 saturated carbocycles. The van der Waals surface area contributed by atoms with Gasteiger partial charge in [0.15, 0.2) is 0 Å². The number of amides is 3. The molecule has 0 fully saturated rings. The third kappa shape index (κ3) is 5.53. The number of carbonyl (C=O) groups excluding carboxylic acids is 3. The molecule has 0 spiro atoms. The molecule has 0 bridgehead atoms. The molecule has 3 heterocycles. The Morgan fingerprint density at radius 3 is 2.54 bits per heavy atom. The molecule has 0 saturated heterocycles. The number of nitrogens with two attached hydrogens (primary N) is 1.